The molecule has 0 unspecified atom stereocenters. The Labute approximate surface area is 172 Å². The third kappa shape index (κ3) is 3.94. The lowest BCUT2D eigenvalue weighted by molar-refractivity contribution is 0.237. The van der Waals surface area contributed by atoms with Gasteiger partial charge in [0, 0.05) is 55.1 Å². The van der Waals surface area contributed by atoms with Crippen LogP contribution in [0.2, 0.25) is 5.02 Å². The molecule has 3 aromatic rings. The number of aromatic nitrogens is 4. The van der Waals surface area contributed by atoms with E-state index >= 15 is 0 Å². The minimum atomic E-state index is -0.144. The zero-order valence-corrected chi connectivity index (χ0v) is 16.9. The first-order valence-electron chi connectivity index (χ1n) is 9.09. The predicted molar refractivity (Wildman–Crippen MR) is 108 cm³/mol. The van der Waals surface area contributed by atoms with Crippen LogP contribution in [0.5, 0.6) is 11.5 Å². The molecule has 0 saturated heterocycles. The van der Waals surface area contributed by atoms with Crippen LogP contribution in [0.1, 0.15) is 16.8 Å². The van der Waals surface area contributed by atoms with Crippen LogP contribution in [0.15, 0.2) is 35.6 Å². The Balaban J connectivity index is 1.60. The maximum Gasteiger partial charge on any atom is 0.255 e. The molecule has 9 heteroatoms. The quantitative estimate of drug-likeness (QED) is 0.686. The van der Waals surface area contributed by atoms with Crippen LogP contribution in [0, 0.1) is 0 Å². The third-order valence-electron chi connectivity index (χ3n) is 4.90. The van der Waals surface area contributed by atoms with E-state index in [1.165, 1.54) is 6.33 Å². The first-order chi connectivity index (χ1) is 14.1. The van der Waals surface area contributed by atoms with Crippen molar-refractivity contribution in [2.45, 2.75) is 19.5 Å². The van der Waals surface area contributed by atoms with E-state index in [4.69, 9.17) is 21.1 Å². The zero-order valence-electron chi connectivity index (χ0n) is 16.1. The third-order valence-corrected chi connectivity index (χ3v) is 5.11. The second-order valence-corrected chi connectivity index (χ2v) is 7.16. The molecule has 1 aliphatic rings. The highest BCUT2D eigenvalue weighted by molar-refractivity contribution is 6.30. The van der Waals surface area contributed by atoms with Gasteiger partial charge in [-0.15, -0.1) is 0 Å². The van der Waals surface area contributed by atoms with Gasteiger partial charge in [-0.25, -0.2) is 15.0 Å². The van der Waals surface area contributed by atoms with Gasteiger partial charge in [0.05, 0.1) is 31.0 Å². The summed E-state index contributed by atoms with van der Waals surface area (Å²) in [5, 5.41) is 0.573. The number of benzene rings is 1. The summed E-state index contributed by atoms with van der Waals surface area (Å²) in [5.74, 6) is 1.72. The Kier molecular flexibility index (Phi) is 5.46. The molecule has 0 aliphatic carbocycles. The maximum absolute atomic E-state index is 12.7. The maximum atomic E-state index is 12.7. The molecule has 1 N–H and O–H groups in total. The molecule has 150 valence electrons. The molecule has 0 saturated carbocycles. The second kappa shape index (κ2) is 8.18. The summed E-state index contributed by atoms with van der Waals surface area (Å²) in [4.78, 5) is 30.3. The highest BCUT2D eigenvalue weighted by atomic mass is 35.5. The summed E-state index contributed by atoms with van der Waals surface area (Å²) in [6.07, 6.45) is 5.37. The van der Waals surface area contributed by atoms with Gasteiger partial charge in [-0.3, -0.25) is 9.69 Å². The summed E-state index contributed by atoms with van der Waals surface area (Å²) in [5.41, 5.74) is 2.92. The fourth-order valence-electron chi connectivity index (χ4n) is 3.54. The van der Waals surface area contributed by atoms with E-state index in [-0.39, 0.29) is 5.56 Å². The van der Waals surface area contributed by atoms with Gasteiger partial charge < -0.3 is 14.5 Å². The Morgan fingerprint density at radius 2 is 2.00 bits per heavy atom. The zero-order chi connectivity index (χ0) is 20.4. The molecule has 0 fully saturated rings. The lowest BCUT2D eigenvalue weighted by Crippen LogP contribution is -2.35. The van der Waals surface area contributed by atoms with E-state index in [0.717, 1.165) is 17.8 Å². The molecule has 3 heterocycles. The van der Waals surface area contributed by atoms with E-state index < -0.39 is 0 Å². The van der Waals surface area contributed by atoms with Crippen molar-refractivity contribution in [3.63, 3.8) is 0 Å². The molecule has 8 nitrogen and oxygen atoms in total. The van der Waals surface area contributed by atoms with E-state index in [1.54, 1.807) is 32.7 Å². The molecule has 1 aromatic carbocycles. The van der Waals surface area contributed by atoms with Crippen molar-refractivity contribution in [1.82, 2.24) is 24.8 Å². The number of rotatable bonds is 5. The van der Waals surface area contributed by atoms with Crippen LogP contribution < -0.4 is 15.0 Å². The van der Waals surface area contributed by atoms with Crippen molar-refractivity contribution in [3.05, 3.63) is 63.1 Å². The van der Waals surface area contributed by atoms with Crippen molar-refractivity contribution in [2.75, 3.05) is 20.8 Å². The van der Waals surface area contributed by atoms with E-state index in [2.05, 4.69) is 24.8 Å². The summed E-state index contributed by atoms with van der Waals surface area (Å²) >= 11 is 6.23. The minimum Gasteiger partial charge on any atom is -0.493 e. The summed E-state index contributed by atoms with van der Waals surface area (Å²) in [7, 11) is 3.18. The second-order valence-electron chi connectivity index (χ2n) is 6.73. The fraction of sp³-hybridized carbons (Fsp3) is 0.300. The number of nitrogens with one attached hydrogen (secondary N) is 1. The molecule has 0 bridgehead atoms. The molecular weight excluding hydrogens is 394 g/mol. The Bertz CT molecular complexity index is 1090. The standard InChI is InChI=1S/C20H20ClN5O3/c1-28-17-6-14(21)5-12(18(17)29-2)9-26-4-3-16-15(10-26)20(27)25-19(24-16)13-7-22-11-23-8-13/h5-8,11H,3-4,9-10H2,1-2H3,(H,24,25,27). The van der Waals surface area contributed by atoms with Crippen LogP contribution in [-0.2, 0) is 19.5 Å². The van der Waals surface area contributed by atoms with Crippen molar-refractivity contribution >= 4 is 11.6 Å². The lowest BCUT2D eigenvalue weighted by Gasteiger charge is -2.28. The lowest BCUT2D eigenvalue weighted by atomic mass is 10.1. The molecule has 1 aliphatic heterocycles. The number of hydrogen-bond acceptors (Lipinski definition) is 7. The summed E-state index contributed by atoms with van der Waals surface area (Å²) < 4.78 is 10.9. The van der Waals surface area contributed by atoms with Gasteiger partial charge in [0.15, 0.2) is 11.5 Å². The number of ether oxygens (including phenoxy) is 2. The van der Waals surface area contributed by atoms with Gasteiger partial charge in [0.25, 0.3) is 5.56 Å². The number of halogens is 1. The average Bonchev–Trinajstić information content (AvgIpc) is 2.74. The normalized spacial score (nSPS) is 13.8. The Morgan fingerprint density at radius 3 is 2.72 bits per heavy atom. The molecule has 2 aromatic heterocycles. The first-order valence-corrected chi connectivity index (χ1v) is 9.47. The molecule has 29 heavy (non-hydrogen) atoms. The fourth-order valence-corrected chi connectivity index (χ4v) is 3.77. The van der Waals surface area contributed by atoms with Gasteiger partial charge in [-0.1, -0.05) is 11.6 Å². The Morgan fingerprint density at radius 1 is 1.21 bits per heavy atom. The predicted octanol–water partition coefficient (Wildman–Crippen LogP) is 2.46. The van der Waals surface area contributed by atoms with Crippen LogP contribution >= 0.6 is 11.6 Å². The van der Waals surface area contributed by atoms with Crippen LogP contribution in [0.25, 0.3) is 11.4 Å². The summed E-state index contributed by atoms with van der Waals surface area (Å²) in [6.45, 7) is 1.82. The molecule has 0 amide bonds. The topological polar surface area (TPSA) is 93.2 Å². The number of methoxy groups -OCH3 is 2. The van der Waals surface area contributed by atoms with E-state index in [1.807, 2.05) is 6.07 Å². The highest BCUT2D eigenvalue weighted by Crippen LogP contribution is 2.35. The monoisotopic (exact) mass is 413 g/mol. The van der Waals surface area contributed by atoms with Gasteiger partial charge in [-0.2, -0.15) is 0 Å². The van der Waals surface area contributed by atoms with Crippen LogP contribution in [-0.4, -0.2) is 45.6 Å². The van der Waals surface area contributed by atoms with Crippen LogP contribution in [0.4, 0.5) is 0 Å². The molecular formula is C20H20ClN5O3. The molecule has 4 rings (SSSR count). The van der Waals surface area contributed by atoms with Crippen molar-refractivity contribution < 1.29 is 9.47 Å². The van der Waals surface area contributed by atoms with Gasteiger partial charge in [-0.05, 0) is 6.07 Å². The van der Waals surface area contributed by atoms with Crippen LogP contribution in [0.3, 0.4) is 0 Å². The van der Waals surface area contributed by atoms with E-state index in [9.17, 15) is 4.79 Å². The van der Waals surface area contributed by atoms with Crippen molar-refractivity contribution in [3.8, 4) is 22.9 Å². The van der Waals surface area contributed by atoms with Gasteiger partial charge in [0.1, 0.15) is 12.2 Å². The smallest absolute Gasteiger partial charge is 0.255 e. The van der Waals surface area contributed by atoms with E-state index in [0.29, 0.717) is 53.0 Å². The summed E-state index contributed by atoms with van der Waals surface area (Å²) in [6, 6.07) is 3.58. The SMILES string of the molecule is COc1cc(Cl)cc(CN2CCc3nc(-c4cncnc4)[nH]c(=O)c3C2)c1OC. The van der Waals surface area contributed by atoms with Gasteiger partial charge >= 0.3 is 0 Å². The molecule has 0 radical (unpaired) electrons. The number of H-pyrrole nitrogens is 1. The van der Waals surface area contributed by atoms with Crippen molar-refractivity contribution in [2.24, 2.45) is 0 Å². The number of fused-ring (bicyclic) bond motifs is 1. The molecule has 0 atom stereocenters. The number of hydrogen-bond donors (Lipinski definition) is 1. The number of aromatic amines is 1. The number of nitrogens with zero attached hydrogens (tertiary/aromatic N) is 4. The largest absolute Gasteiger partial charge is 0.493 e. The van der Waals surface area contributed by atoms with Gasteiger partial charge in [0.2, 0.25) is 0 Å². The van der Waals surface area contributed by atoms with Crippen molar-refractivity contribution in [1.29, 1.82) is 0 Å². The molecule has 0 spiro atoms. The minimum absolute atomic E-state index is 0.144. The highest BCUT2D eigenvalue weighted by Gasteiger charge is 2.23. The Hall–Kier alpha value is -2.97. The first kappa shape index (κ1) is 19.4. The average molecular weight is 414 g/mol.